The van der Waals surface area contributed by atoms with Crippen molar-refractivity contribution >= 4 is 40.3 Å². The number of carbonyl (C=O) groups is 2. The smallest absolute Gasteiger partial charge is 0.265 e. The predicted molar refractivity (Wildman–Crippen MR) is 122 cm³/mol. The van der Waals surface area contributed by atoms with Gasteiger partial charge in [0.2, 0.25) is 0 Å². The molecule has 3 aromatic rings. The molecule has 30 heavy (non-hydrogen) atoms. The quantitative estimate of drug-likeness (QED) is 0.540. The number of ketones is 1. The summed E-state index contributed by atoms with van der Waals surface area (Å²) in [5.74, 6) is 0.0962. The van der Waals surface area contributed by atoms with Gasteiger partial charge in [0.15, 0.2) is 5.78 Å². The Morgan fingerprint density at radius 2 is 1.73 bits per heavy atom. The van der Waals surface area contributed by atoms with Crippen LogP contribution in [-0.2, 0) is 0 Å². The monoisotopic (exact) mass is 439 g/mol. The fourth-order valence-corrected chi connectivity index (χ4v) is 4.78. The summed E-state index contributed by atoms with van der Waals surface area (Å²) in [6.45, 7) is 6.26. The molecule has 154 valence electrons. The Morgan fingerprint density at radius 3 is 2.37 bits per heavy atom. The standard InChI is InChI=1S/C23H22ClN3O2S/c1-15-21(30-22(25-15)18-4-3-5-19(24)14-18)23(29)27-12-10-26(11-13-27)20-8-6-17(7-9-20)16(2)28/h3-9,14H,10-13H2,1-2H3. The van der Waals surface area contributed by atoms with Crippen LogP contribution >= 0.6 is 22.9 Å². The molecule has 1 fully saturated rings. The largest absolute Gasteiger partial charge is 0.368 e. The van der Waals surface area contributed by atoms with Crippen molar-refractivity contribution in [3.63, 3.8) is 0 Å². The van der Waals surface area contributed by atoms with E-state index in [0.717, 1.165) is 35.0 Å². The molecule has 0 bridgehead atoms. The van der Waals surface area contributed by atoms with Crippen molar-refractivity contribution in [3.05, 3.63) is 69.7 Å². The highest BCUT2D eigenvalue weighted by molar-refractivity contribution is 7.17. The minimum atomic E-state index is 0.0323. The molecule has 2 aromatic carbocycles. The molecule has 0 radical (unpaired) electrons. The number of hydrogen-bond donors (Lipinski definition) is 0. The number of amides is 1. The number of halogens is 1. The Bertz CT molecular complexity index is 1090. The molecule has 0 atom stereocenters. The molecular weight excluding hydrogens is 418 g/mol. The first-order chi connectivity index (χ1) is 14.4. The second kappa shape index (κ2) is 8.58. The van der Waals surface area contributed by atoms with Crippen molar-refractivity contribution < 1.29 is 9.59 Å². The van der Waals surface area contributed by atoms with E-state index >= 15 is 0 Å². The molecule has 7 heteroatoms. The lowest BCUT2D eigenvalue weighted by molar-refractivity contribution is 0.0750. The first-order valence-electron chi connectivity index (χ1n) is 9.81. The van der Waals surface area contributed by atoms with Gasteiger partial charge in [0.25, 0.3) is 5.91 Å². The van der Waals surface area contributed by atoms with Crippen molar-refractivity contribution in [3.8, 4) is 10.6 Å². The maximum atomic E-state index is 13.1. The molecule has 1 aromatic heterocycles. The van der Waals surface area contributed by atoms with Crippen LogP contribution < -0.4 is 4.90 Å². The van der Waals surface area contributed by atoms with E-state index < -0.39 is 0 Å². The van der Waals surface area contributed by atoms with Crippen LogP contribution in [0.15, 0.2) is 48.5 Å². The lowest BCUT2D eigenvalue weighted by Crippen LogP contribution is -2.48. The van der Waals surface area contributed by atoms with Gasteiger partial charge in [-0.05, 0) is 50.2 Å². The Balaban J connectivity index is 1.44. The van der Waals surface area contributed by atoms with E-state index in [-0.39, 0.29) is 11.7 Å². The van der Waals surface area contributed by atoms with Gasteiger partial charge in [-0.15, -0.1) is 11.3 Å². The molecule has 0 saturated carbocycles. The van der Waals surface area contributed by atoms with E-state index in [9.17, 15) is 9.59 Å². The lowest BCUT2D eigenvalue weighted by Gasteiger charge is -2.36. The topological polar surface area (TPSA) is 53.5 Å². The van der Waals surface area contributed by atoms with Gasteiger partial charge in [0.1, 0.15) is 9.88 Å². The van der Waals surface area contributed by atoms with Gasteiger partial charge >= 0.3 is 0 Å². The van der Waals surface area contributed by atoms with Crippen LogP contribution in [0.1, 0.15) is 32.6 Å². The van der Waals surface area contributed by atoms with Gasteiger partial charge < -0.3 is 9.80 Å². The van der Waals surface area contributed by atoms with Crippen molar-refractivity contribution in [2.45, 2.75) is 13.8 Å². The lowest BCUT2D eigenvalue weighted by atomic mass is 10.1. The number of nitrogens with zero attached hydrogens (tertiary/aromatic N) is 3. The first kappa shape index (κ1) is 20.6. The summed E-state index contributed by atoms with van der Waals surface area (Å²) < 4.78 is 0. The van der Waals surface area contributed by atoms with Crippen LogP contribution in [0, 0.1) is 6.92 Å². The van der Waals surface area contributed by atoms with E-state index in [1.165, 1.54) is 11.3 Å². The van der Waals surface area contributed by atoms with Gasteiger partial charge in [-0.3, -0.25) is 9.59 Å². The summed E-state index contributed by atoms with van der Waals surface area (Å²) in [6, 6.07) is 15.2. The van der Waals surface area contributed by atoms with Crippen LogP contribution in [-0.4, -0.2) is 47.8 Å². The molecule has 0 unspecified atom stereocenters. The number of carbonyl (C=O) groups excluding carboxylic acids is 2. The molecule has 1 aliphatic heterocycles. The van der Waals surface area contributed by atoms with E-state index in [0.29, 0.717) is 28.6 Å². The summed E-state index contributed by atoms with van der Waals surface area (Å²) in [5.41, 5.74) is 3.46. The van der Waals surface area contributed by atoms with Gasteiger partial charge in [0.05, 0.1) is 5.69 Å². The fourth-order valence-electron chi connectivity index (χ4n) is 3.56. The average Bonchev–Trinajstić information content (AvgIpc) is 3.15. The van der Waals surface area contributed by atoms with Gasteiger partial charge in [-0.1, -0.05) is 23.7 Å². The number of aromatic nitrogens is 1. The summed E-state index contributed by atoms with van der Waals surface area (Å²) in [4.78, 5) is 34.0. The number of benzene rings is 2. The SMILES string of the molecule is CC(=O)c1ccc(N2CCN(C(=O)c3sc(-c4cccc(Cl)c4)nc3C)CC2)cc1. The molecular formula is C23H22ClN3O2S. The second-order valence-electron chi connectivity index (χ2n) is 7.33. The van der Waals surface area contributed by atoms with Crippen molar-refractivity contribution in [2.75, 3.05) is 31.1 Å². The number of anilines is 1. The average molecular weight is 440 g/mol. The highest BCUT2D eigenvalue weighted by atomic mass is 35.5. The van der Waals surface area contributed by atoms with E-state index in [2.05, 4.69) is 9.88 Å². The maximum absolute atomic E-state index is 13.1. The third-order valence-electron chi connectivity index (χ3n) is 5.27. The van der Waals surface area contributed by atoms with Crippen molar-refractivity contribution in [2.24, 2.45) is 0 Å². The fraction of sp³-hybridized carbons (Fsp3) is 0.261. The summed E-state index contributed by atoms with van der Waals surface area (Å²) in [7, 11) is 0. The highest BCUT2D eigenvalue weighted by Crippen LogP contribution is 2.30. The maximum Gasteiger partial charge on any atom is 0.265 e. The number of rotatable bonds is 4. The minimum Gasteiger partial charge on any atom is -0.368 e. The van der Waals surface area contributed by atoms with E-state index in [4.69, 9.17) is 11.6 Å². The number of piperazine rings is 1. The number of aryl methyl sites for hydroxylation is 1. The third kappa shape index (κ3) is 4.25. The predicted octanol–water partition coefficient (Wildman–Crippen LogP) is 4.94. The molecule has 4 rings (SSSR count). The minimum absolute atomic E-state index is 0.0323. The Labute approximate surface area is 184 Å². The van der Waals surface area contributed by atoms with E-state index in [1.807, 2.05) is 60.4 Å². The Hall–Kier alpha value is -2.70. The van der Waals surface area contributed by atoms with Gasteiger partial charge in [-0.2, -0.15) is 0 Å². The summed E-state index contributed by atoms with van der Waals surface area (Å²) in [5, 5.41) is 1.46. The van der Waals surface area contributed by atoms with Crippen LogP contribution in [0.25, 0.3) is 10.6 Å². The van der Waals surface area contributed by atoms with Crippen LogP contribution in [0.5, 0.6) is 0 Å². The molecule has 2 heterocycles. The van der Waals surface area contributed by atoms with Crippen molar-refractivity contribution in [1.29, 1.82) is 0 Å². The normalized spacial score (nSPS) is 14.1. The van der Waals surface area contributed by atoms with Crippen LogP contribution in [0.4, 0.5) is 5.69 Å². The van der Waals surface area contributed by atoms with Crippen molar-refractivity contribution in [1.82, 2.24) is 9.88 Å². The molecule has 1 aliphatic rings. The zero-order valence-electron chi connectivity index (χ0n) is 16.9. The zero-order valence-corrected chi connectivity index (χ0v) is 18.5. The summed E-state index contributed by atoms with van der Waals surface area (Å²) in [6.07, 6.45) is 0. The molecule has 1 amide bonds. The zero-order chi connectivity index (χ0) is 21.3. The molecule has 5 nitrogen and oxygen atoms in total. The van der Waals surface area contributed by atoms with E-state index in [1.54, 1.807) is 6.92 Å². The number of hydrogen-bond acceptors (Lipinski definition) is 5. The van der Waals surface area contributed by atoms with Gasteiger partial charge in [0, 0.05) is 48.0 Å². The Kier molecular flexibility index (Phi) is 5.88. The van der Waals surface area contributed by atoms with Crippen LogP contribution in [0.2, 0.25) is 5.02 Å². The summed E-state index contributed by atoms with van der Waals surface area (Å²) >= 11 is 7.51. The molecule has 0 aliphatic carbocycles. The Morgan fingerprint density at radius 1 is 1.03 bits per heavy atom. The number of Topliss-reactive ketones (excluding diaryl/α,β-unsaturated/α-hetero) is 1. The second-order valence-corrected chi connectivity index (χ2v) is 8.76. The number of thiazole rings is 1. The highest BCUT2D eigenvalue weighted by Gasteiger charge is 2.26. The molecule has 0 spiro atoms. The molecule has 1 saturated heterocycles. The van der Waals surface area contributed by atoms with Crippen LogP contribution in [0.3, 0.4) is 0 Å². The first-order valence-corrected chi connectivity index (χ1v) is 11.0. The molecule has 0 N–H and O–H groups in total. The third-order valence-corrected chi connectivity index (χ3v) is 6.70. The van der Waals surface area contributed by atoms with Gasteiger partial charge in [-0.25, -0.2) is 4.98 Å².